The highest BCUT2D eigenvalue weighted by Crippen LogP contribution is 2.26. The molecule has 0 unspecified atom stereocenters. The average molecular weight is 580 g/mol. The first kappa shape index (κ1) is 40.4. The van der Waals surface area contributed by atoms with Gasteiger partial charge in [0, 0.05) is 70.2 Å². The Hall–Kier alpha value is -3.71. The molecule has 1 aromatic rings. The number of piperazine rings is 1. The molecule has 0 atom stereocenters. The van der Waals surface area contributed by atoms with Crippen molar-refractivity contribution < 1.29 is 9.59 Å². The van der Waals surface area contributed by atoms with Crippen LogP contribution in [0.3, 0.4) is 0 Å². The number of para-hydroxylation sites is 1. The maximum atomic E-state index is 12.7. The first-order valence-electron chi connectivity index (χ1n) is 14.2. The van der Waals surface area contributed by atoms with Crippen molar-refractivity contribution in [3.63, 3.8) is 0 Å². The maximum absolute atomic E-state index is 12.7. The largest absolute Gasteiger partial charge is 0.372 e. The number of carbonyl (C=O) groups is 2. The van der Waals surface area contributed by atoms with E-state index >= 15 is 0 Å². The van der Waals surface area contributed by atoms with Gasteiger partial charge in [0.1, 0.15) is 6.79 Å². The number of hydrogen-bond acceptors (Lipinski definition) is 6. The van der Waals surface area contributed by atoms with Crippen LogP contribution in [0.4, 0.5) is 5.69 Å². The zero-order valence-corrected chi connectivity index (χ0v) is 28.0. The third kappa shape index (κ3) is 14.3. The topological polar surface area (TPSA) is 68.2 Å². The van der Waals surface area contributed by atoms with Crippen LogP contribution in [0.5, 0.6) is 0 Å². The normalized spacial score (nSPS) is 13.0. The van der Waals surface area contributed by atoms with Crippen LogP contribution >= 0.6 is 0 Å². The Morgan fingerprint density at radius 1 is 1.00 bits per heavy atom. The maximum Gasteiger partial charge on any atom is 0.255 e. The molecule has 0 aliphatic carbocycles. The molecule has 2 rings (SSSR count). The number of carbonyl (C=O) groups excluding carboxylic acids is 2. The number of nitrogens with zero attached hydrogens (tertiary/aromatic N) is 4. The molecular weight excluding hydrogens is 522 g/mol. The lowest BCUT2D eigenvalue weighted by atomic mass is 10.00. The van der Waals surface area contributed by atoms with Crippen molar-refractivity contribution in [2.24, 2.45) is 4.99 Å². The van der Waals surface area contributed by atoms with Crippen molar-refractivity contribution in [1.82, 2.24) is 14.7 Å². The lowest BCUT2D eigenvalue weighted by Crippen LogP contribution is -2.49. The molecule has 1 fully saturated rings. The van der Waals surface area contributed by atoms with Crippen LogP contribution in [0, 0.1) is 0 Å². The van der Waals surface area contributed by atoms with Crippen LogP contribution in [0.25, 0.3) is 0 Å². The van der Waals surface area contributed by atoms with E-state index in [1.807, 2.05) is 51.8 Å². The summed E-state index contributed by atoms with van der Waals surface area (Å²) in [6, 6.07) is 5.75. The second-order valence-electron chi connectivity index (χ2n) is 11.2. The molecule has 0 saturated carbocycles. The number of amides is 1. The van der Waals surface area contributed by atoms with E-state index in [-0.39, 0.29) is 11.4 Å². The van der Waals surface area contributed by atoms with Crippen LogP contribution < -0.4 is 5.32 Å². The quantitative estimate of drug-likeness (QED) is 0.234. The van der Waals surface area contributed by atoms with Crippen LogP contribution in [0.1, 0.15) is 70.8 Å². The summed E-state index contributed by atoms with van der Waals surface area (Å²) in [5, 5.41) is 3.17. The summed E-state index contributed by atoms with van der Waals surface area (Å²) < 4.78 is 0. The fourth-order valence-corrected chi connectivity index (χ4v) is 4.59. The van der Waals surface area contributed by atoms with Crippen LogP contribution in [-0.2, 0) is 4.79 Å². The molecule has 1 heterocycles. The zero-order chi connectivity index (χ0) is 33.0. The second-order valence-corrected chi connectivity index (χ2v) is 11.2. The lowest BCUT2D eigenvalue weighted by Gasteiger charge is -2.40. The van der Waals surface area contributed by atoms with Gasteiger partial charge in [-0.3, -0.25) is 14.7 Å². The zero-order valence-electron chi connectivity index (χ0n) is 28.0. The van der Waals surface area contributed by atoms with Crippen molar-refractivity contribution in [2.45, 2.75) is 60.4 Å². The molecule has 234 valence electrons. The predicted octanol–water partition coefficient (Wildman–Crippen LogP) is 7.22. The fourth-order valence-electron chi connectivity index (χ4n) is 4.59. The van der Waals surface area contributed by atoms with Gasteiger partial charge in [-0.2, -0.15) is 0 Å². The smallest absolute Gasteiger partial charge is 0.255 e. The highest BCUT2D eigenvalue weighted by molar-refractivity contribution is 6.09. The Bertz CT molecular complexity index is 1070. The molecule has 0 radical (unpaired) electrons. The summed E-state index contributed by atoms with van der Waals surface area (Å²) >= 11 is 0. The molecule has 0 spiro atoms. The van der Waals surface area contributed by atoms with Gasteiger partial charge >= 0.3 is 0 Å². The summed E-state index contributed by atoms with van der Waals surface area (Å²) in [7, 11) is 3.52. The van der Waals surface area contributed by atoms with Gasteiger partial charge in [-0.15, -0.1) is 26.3 Å². The number of rotatable bonds is 10. The van der Waals surface area contributed by atoms with Crippen molar-refractivity contribution in [3.05, 3.63) is 91.3 Å². The fraction of sp³-hybridized carbons (Fsp3) is 0.457. The summed E-state index contributed by atoms with van der Waals surface area (Å²) in [5.74, 6) is -0.0525. The average Bonchev–Trinajstić information content (AvgIpc) is 2.93. The van der Waals surface area contributed by atoms with Gasteiger partial charge < -0.3 is 19.9 Å². The summed E-state index contributed by atoms with van der Waals surface area (Å²) in [6.45, 7) is 38.9. The van der Waals surface area contributed by atoms with Crippen LogP contribution in [0.2, 0.25) is 0 Å². The van der Waals surface area contributed by atoms with E-state index in [0.717, 1.165) is 56.1 Å². The van der Waals surface area contributed by atoms with Gasteiger partial charge in [-0.25, -0.2) is 0 Å². The minimum Gasteiger partial charge on any atom is -0.372 e. The number of benzene rings is 1. The molecular formula is C35H57N5O2. The molecule has 1 aliphatic heterocycles. The Labute approximate surface area is 257 Å². The Kier molecular flexibility index (Phi) is 20.3. The molecule has 1 amide bonds. The number of anilines is 1. The third-order valence-electron chi connectivity index (χ3n) is 6.09. The van der Waals surface area contributed by atoms with E-state index in [4.69, 9.17) is 9.79 Å². The van der Waals surface area contributed by atoms with Crippen LogP contribution in [0.15, 0.2) is 85.2 Å². The molecule has 42 heavy (non-hydrogen) atoms. The van der Waals surface area contributed by atoms with E-state index < -0.39 is 0 Å². The van der Waals surface area contributed by atoms with Gasteiger partial charge in [0.2, 0.25) is 0 Å². The van der Waals surface area contributed by atoms with Crippen molar-refractivity contribution in [2.75, 3.05) is 52.1 Å². The molecule has 1 N–H and O–H groups in total. The van der Waals surface area contributed by atoms with E-state index in [0.29, 0.717) is 5.56 Å². The molecule has 1 aromatic carbocycles. The van der Waals surface area contributed by atoms with E-state index in [2.05, 4.69) is 75.7 Å². The van der Waals surface area contributed by atoms with Gasteiger partial charge in [-0.05, 0) is 60.7 Å². The highest BCUT2D eigenvalue weighted by atomic mass is 16.2. The molecule has 0 bridgehead atoms. The summed E-state index contributed by atoms with van der Waals surface area (Å²) in [4.78, 5) is 32.4. The van der Waals surface area contributed by atoms with Crippen LogP contribution in [-0.4, -0.2) is 85.5 Å². The number of nitrogens with one attached hydrogen (secondary N) is 1. The summed E-state index contributed by atoms with van der Waals surface area (Å²) in [5.41, 5.74) is 6.85. The number of allylic oxidation sites excluding steroid dienone is 3. The van der Waals surface area contributed by atoms with E-state index in [9.17, 15) is 4.79 Å². The Balaban J connectivity index is 0. The standard InChI is InChI=1S/C28H43N5O.C4H8.C2H4.CH2O/c1-10-13-25(21(3)4)33-18-16-32(17-19-33)20-28(6,7)30-22(5)23-14-12-15-24(26(23)29-11-2)27(34)31(8)9;1-4(2)3;2*1-2/h10-12,14-15,29H,1-2,13,16-20H2,3-9H3;1H2,2-3H3;1-2H2;1H2. The number of hydrogen-bond donors (Lipinski definition) is 1. The third-order valence-corrected chi connectivity index (χ3v) is 6.09. The SMILES string of the molecule is C=C.C=C(C)C.C=CCC(=C(C)C)N1CCN(CC(C)(C)N=C(C)c2cccc(C(=O)N(C)C)c2NC=C)CC1.C=O. The summed E-state index contributed by atoms with van der Waals surface area (Å²) in [6.07, 6.45) is 4.52. The highest BCUT2D eigenvalue weighted by Gasteiger charge is 2.26. The molecule has 1 saturated heterocycles. The van der Waals surface area contributed by atoms with Crippen molar-refractivity contribution in [3.8, 4) is 0 Å². The Morgan fingerprint density at radius 2 is 1.50 bits per heavy atom. The van der Waals surface area contributed by atoms with Crippen molar-refractivity contribution >= 4 is 24.1 Å². The molecule has 7 nitrogen and oxygen atoms in total. The number of aliphatic imine (C=N–C) groups is 1. The molecule has 1 aliphatic rings. The molecule has 0 aromatic heterocycles. The monoisotopic (exact) mass is 579 g/mol. The minimum atomic E-state index is -0.264. The van der Waals surface area contributed by atoms with E-state index in [1.165, 1.54) is 16.8 Å². The van der Waals surface area contributed by atoms with Gasteiger partial charge in [-0.1, -0.05) is 35.9 Å². The predicted molar refractivity (Wildman–Crippen MR) is 185 cm³/mol. The molecule has 7 heteroatoms. The van der Waals surface area contributed by atoms with Gasteiger partial charge in [0.05, 0.1) is 16.8 Å². The Morgan fingerprint density at radius 3 is 1.93 bits per heavy atom. The lowest BCUT2D eigenvalue weighted by molar-refractivity contribution is -0.0980. The second kappa shape index (κ2) is 21.1. The van der Waals surface area contributed by atoms with Crippen molar-refractivity contribution in [1.29, 1.82) is 0 Å². The first-order chi connectivity index (χ1) is 19.7. The first-order valence-corrected chi connectivity index (χ1v) is 14.2. The van der Waals surface area contributed by atoms with E-state index in [1.54, 1.807) is 25.2 Å². The minimum absolute atomic E-state index is 0.0525. The van der Waals surface area contributed by atoms with Gasteiger partial charge in [0.25, 0.3) is 5.91 Å². The van der Waals surface area contributed by atoms with Gasteiger partial charge in [0.15, 0.2) is 0 Å².